The maximum Gasteiger partial charge on any atom is 0.573 e. The van der Waals surface area contributed by atoms with Crippen LogP contribution >= 0.6 is 0 Å². The first-order valence-electron chi connectivity index (χ1n) is 9.97. The van der Waals surface area contributed by atoms with Gasteiger partial charge in [0.1, 0.15) is 11.4 Å². The highest BCUT2D eigenvalue weighted by atomic mass is 19.4. The number of allylic oxidation sites excluding steroid dienone is 1. The number of ketones is 1. The number of esters is 1. The first-order chi connectivity index (χ1) is 15.5. The van der Waals surface area contributed by atoms with Crippen LogP contribution in [0.1, 0.15) is 50.5 Å². The average molecular weight is 486 g/mol. The Bertz CT molecular complexity index is 1080. The number of halogens is 5. The Morgan fingerprint density at radius 2 is 1.41 bits per heavy atom. The molecule has 0 saturated heterocycles. The van der Waals surface area contributed by atoms with Gasteiger partial charge < -0.3 is 14.2 Å². The molecule has 0 fully saturated rings. The van der Waals surface area contributed by atoms with Gasteiger partial charge in [-0.2, -0.15) is 4.39 Å². The van der Waals surface area contributed by atoms with Crippen molar-refractivity contribution >= 4 is 17.8 Å². The van der Waals surface area contributed by atoms with Crippen LogP contribution in [0.4, 0.5) is 22.0 Å². The summed E-state index contributed by atoms with van der Waals surface area (Å²) < 4.78 is 80.0. The molecule has 0 N–H and O–H groups in total. The van der Waals surface area contributed by atoms with E-state index in [2.05, 4.69) is 4.74 Å². The van der Waals surface area contributed by atoms with Crippen LogP contribution in [-0.4, -0.2) is 29.3 Å². The van der Waals surface area contributed by atoms with Gasteiger partial charge in [0.25, 0.3) is 0 Å². The first kappa shape index (κ1) is 26.8. The van der Waals surface area contributed by atoms with Crippen LogP contribution in [0.2, 0.25) is 0 Å². The molecule has 0 spiro atoms. The maximum atomic E-state index is 14.5. The van der Waals surface area contributed by atoms with Crippen molar-refractivity contribution in [3.8, 4) is 11.5 Å². The molecule has 2 aromatic carbocycles. The number of hydrogen-bond donors (Lipinski definition) is 0. The van der Waals surface area contributed by atoms with Crippen LogP contribution in [-0.2, 0) is 9.53 Å². The third-order valence-corrected chi connectivity index (χ3v) is 4.12. The molecule has 2 rings (SSSR count). The fraction of sp³-hybridized carbons (Fsp3) is 0.333. The Balaban J connectivity index is 2.15. The summed E-state index contributed by atoms with van der Waals surface area (Å²) in [6.45, 7) is 7.63. The third-order valence-electron chi connectivity index (χ3n) is 4.12. The van der Waals surface area contributed by atoms with Gasteiger partial charge in [0.05, 0.1) is 0 Å². The van der Waals surface area contributed by atoms with Gasteiger partial charge in [-0.25, -0.2) is 9.18 Å². The van der Waals surface area contributed by atoms with Crippen LogP contribution < -0.4 is 9.47 Å². The molecule has 0 unspecified atom stereocenters. The number of benzene rings is 2. The minimum absolute atomic E-state index is 0.00529. The van der Waals surface area contributed by atoms with Crippen molar-refractivity contribution in [2.24, 2.45) is 0 Å². The van der Waals surface area contributed by atoms with Crippen molar-refractivity contribution in [2.75, 3.05) is 0 Å². The Hall–Kier alpha value is -3.43. The standard InChI is InChI=1S/C24H23F5O5/c1-22(2,3)34-21(31)23(4,5)33-18-13-9-15(19(25)20(18)26)8-12-17(30)14-6-10-16(11-7-14)32-24(27,28)29/h6-13H,1-5H3/b12-8+. The lowest BCUT2D eigenvalue weighted by Gasteiger charge is -2.29. The quantitative estimate of drug-likeness (QED) is 0.200. The van der Waals surface area contributed by atoms with Crippen LogP contribution in [0.5, 0.6) is 11.5 Å². The smallest absolute Gasteiger partial charge is 0.473 e. The molecule has 5 nitrogen and oxygen atoms in total. The zero-order valence-corrected chi connectivity index (χ0v) is 19.0. The summed E-state index contributed by atoms with van der Waals surface area (Å²) >= 11 is 0. The van der Waals surface area contributed by atoms with E-state index in [1.807, 2.05) is 0 Å². The van der Waals surface area contributed by atoms with E-state index < -0.39 is 52.5 Å². The Morgan fingerprint density at radius 3 is 1.94 bits per heavy atom. The summed E-state index contributed by atoms with van der Waals surface area (Å²) in [5.74, 6) is -5.18. The van der Waals surface area contributed by atoms with E-state index in [1.165, 1.54) is 13.8 Å². The van der Waals surface area contributed by atoms with Crippen molar-refractivity contribution < 1.29 is 45.8 Å². The highest BCUT2D eigenvalue weighted by molar-refractivity contribution is 6.06. The van der Waals surface area contributed by atoms with Gasteiger partial charge in [0.2, 0.25) is 5.82 Å². The fourth-order valence-electron chi connectivity index (χ4n) is 2.55. The van der Waals surface area contributed by atoms with Gasteiger partial charge in [-0.15, -0.1) is 13.2 Å². The van der Waals surface area contributed by atoms with Gasteiger partial charge in [-0.05, 0) is 83.2 Å². The molecule has 0 radical (unpaired) electrons. The highest BCUT2D eigenvalue weighted by Gasteiger charge is 2.36. The van der Waals surface area contributed by atoms with Crippen molar-refractivity contribution in [3.05, 3.63) is 65.2 Å². The number of hydrogen-bond acceptors (Lipinski definition) is 5. The zero-order chi connectivity index (χ0) is 25.9. The van der Waals surface area contributed by atoms with E-state index in [1.54, 1.807) is 20.8 Å². The second-order valence-corrected chi connectivity index (χ2v) is 8.66. The summed E-state index contributed by atoms with van der Waals surface area (Å²) in [7, 11) is 0. The summed E-state index contributed by atoms with van der Waals surface area (Å²) in [5, 5.41) is 0. The van der Waals surface area contributed by atoms with Crippen molar-refractivity contribution in [2.45, 2.75) is 52.2 Å². The molecule has 0 aliphatic rings. The molecule has 0 aliphatic heterocycles. The van der Waals surface area contributed by atoms with Gasteiger partial charge >= 0.3 is 12.3 Å². The van der Waals surface area contributed by atoms with Crippen LogP contribution in [0.15, 0.2) is 42.5 Å². The lowest BCUT2D eigenvalue weighted by molar-refractivity contribution is -0.274. The third kappa shape index (κ3) is 7.57. The normalized spacial score (nSPS) is 12.5. The van der Waals surface area contributed by atoms with Gasteiger partial charge in [-0.3, -0.25) is 4.79 Å². The molecule has 184 valence electrons. The van der Waals surface area contributed by atoms with E-state index in [0.29, 0.717) is 0 Å². The van der Waals surface area contributed by atoms with Gasteiger partial charge in [0.15, 0.2) is 23.0 Å². The second-order valence-electron chi connectivity index (χ2n) is 8.66. The number of carbonyl (C=O) groups excluding carboxylic acids is 2. The minimum Gasteiger partial charge on any atom is -0.473 e. The van der Waals surface area contributed by atoms with E-state index >= 15 is 0 Å². The molecule has 10 heteroatoms. The largest absolute Gasteiger partial charge is 0.573 e. The highest BCUT2D eigenvalue weighted by Crippen LogP contribution is 2.28. The number of carbonyl (C=O) groups is 2. The Morgan fingerprint density at radius 1 is 0.824 bits per heavy atom. The SMILES string of the molecule is CC(C)(C)OC(=O)C(C)(C)Oc1ccc(/C=C/C(=O)c2ccc(OC(F)(F)F)cc2)c(F)c1F. The van der Waals surface area contributed by atoms with Crippen LogP contribution in [0.25, 0.3) is 6.08 Å². The average Bonchev–Trinajstić information content (AvgIpc) is 2.68. The molecule has 0 bridgehead atoms. The number of alkyl halides is 3. The predicted octanol–water partition coefficient (Wildman–Crippen LogP) is 6.26. The van der Waals surface area contributed by atoms with Crippen LogP contribution in [0, 0.1) is 11.6 Å². The van der Waals surface area contributed by atoms with Crippen LogP contribution in [0.3, 0.4) is 0 Å². The molecular weight excluding hydrogens is 463 g/mol. The number of ether oxygens (including phenoxy) is 3. The van der Waals surface area contributed by atoms with E-state index in [9.17, 15) is 31.5 Å². The Labute approximate surface area is 193 Å². The van der Waals surface area contributed by atoms with Crippen molar-refractivity contribution in [3.63, 3.8) is 0 Å². The van der Waals surface area contributed by atoms with E-state index in [4.69, 9.17) is 9.47 Å². The van der Waals surface area contributed by atoms with Gasteiger partial charge in [-0.1, -0.05) is 0 Å². The Kier molecular flexibility index (Phi) is 7.75. The lowest BCUT2D eigenvalue weighted by Crippen LogP contribution is -2.43. The van der Waals surface area contributed by atoms with E-state index in [0.717, 1.165) is 48.6 Å². The molecule has 0 amide bonds. The van der Waals surface area contributed by atoms with Crippen molar-refractivity contribution in [1.29, 1.82) is 0 Å². The molecule has 2 aromatic rings. The molecule has 34 heavy (non-hydrogen) atoms. The molecule has 0 saturated carbocycles. The first-order valence-corrected chi connectivity index (χ1v) is 9.97. The molecule has 0 aliphatic carbocycles. The minimum atomic E-state index is -4.87. The van der Waals surface area contributed by atoms with Gasteiger partial charge in [0, 0.05) is 11.1 Å². The molecular formula is C24H23F5O5. The summed E-state index contributed by atoms with van der Waals surface area (Å²) in [5.41, 5.74) is -2.71. The summed E-state index contributed by atoms with van der Waals surface area (Å²) in [6.07, 6.45) is -2.93. The monoisotopic (exact) mass is 486 g/mol. The second kappa shape index (κ2) is 9.82. The van der Waals surface area contributed by atoms with Crippen molar-refractivity contribution in [1.82, 2.24) is 0 Å². The topological polar surface area (TPSA) is 61.8 Å². The number of rotatable bonds is 7. The zero-order valence-electron chi connectivity index (χ0n) is 19.0. The molecule has 0 heterocycles. The maximum absolute atomic E-state index is 14.5. The molecule has 0 atom stereocenters. The van der Waals surface area contributed by atoms with E-state index in [-0.39, 0.29) is 11.1 Å². The molecule has 0 aromatic heterocycles. The summed E-state index contributed by atoms with van der Waals surface area (Å²) in [4.78, 5) is 24.5. The fourth-order valence-corrected chi connectivity index (χ4v) is 2.55. The lowest BCUT2D eigenvalue weighted by atomic mass is 10.1. The summed E-state index contributed by atoms with van der Waals surface area (Å²) in [6, 6.07) is 6.34. The predicted molar refractivity (Wildman–Crippen MR) is 113 cm³/mol.